The number of carbonyl (C=O) groups excluding carboxylic acids is 1. The Bertz CT molecular complexity index is 954. The maximum Gasteiger partial charge on any atom is 0.244 e. The average molecular weight is 435 g/mol. The van der Waals surface area contributed by atoms with Gasteiger partial charge in [0.15, 0.2) is 0 Å². The molecule has 32 heavy (non-hydrogen) atoms. The third-order valence-electron chi connectivity index (χ3n) is 7.34. The van der Waals surface area contributed by atoms with E-state index in [1.54, 1.807) is 19.1 Å². The molecule has 0 bridgehead atoms. The first kappa shape index (κ1) is 22.7. The van der Waals surface area contributed by atoms with E-state index in [1.807, 2.05) is 6.07 Å². The number of aryl methyl sites for hydroxylation is 2. The lowest BCUT2D eigenvalue weighted by molar-refractivity contribution is -0.117. The van der Waals surface area contributed by atoms with Crippen LogP contribution in [0.5, 0.6) is 0 Å². The lowest BCUT2D eigenvalue weighted by Gasteiger charge is -2.41. The summed E-state index contributed by atoms with van der Waals surface area (Å²) in [7, 11) is 0. The predicted molar refractivity (Wildman–Crippen MR) is 129 cm³/mol. The van der Waals surface area contributed by atoms with Crippen LogP contribution < -0.4 is 5.32 Å². The number of piperidine rings is 1. The van der Waals surface area contributed by atoms with Crippen molar-refractivity contribution < 1.29 is 9.18 Å². The monoisotopic (exact) mass is 434 g/mol. The molecule has 0 unspecified atom stereocenters. The summed E-state index contributed by atoms with van der Waals surface area (Å²) in [5.41, 5.74) is 4.27. The van der Waals surface area contributed by atoms with E-state index in [-0.39, 0.29) is 17.8 Å². The number of halogens is 1. The molecule has 3 nitrogen and oxygen atoms in total. The minimum atomic E-state index is -0.242. The van der Waals surface area contributed by atoms with Gasteiger partial charge in [-0.15, -0.1) is 0 Å². The number of amides is 1. The van der Waals surface area contributed by atoms with Gasteiger partial charge in [-0.3, -0.25) is 4.79 Å². The standard InChI is InChI=1S/C28H35FN2O/c1-20-5-3-4-6-26(20)23-15-17-31(18-16-23)25-12-10-24(11-13-25)30-28(32)14-9-22-8-7-21(2)27(29)19-22/h3-9,14,19,23-25H,10-13,15-18H2,1-2H3,(H,30,32)/b14-9+. The SMILES string of the molecule is Cc1ccc(/C=C/C(=O)NC2CCC(N3CCC(c4ccccc4C)CC3)CC2)cc1F. The predicted octanol–water partition coefficient (Wildman–Crippen LogP) is 5.76. The summed E-state index contributed by atoms with van der Waals surface area (Å²) in [6.45, 7) is 6.32. The minimum Gasteiger partial charge on any atom is -0.350 e. The van der Waals surface area contributed by atoms with Gasteiger partial charge in [-0.25, -0.2) is 4.39 Å². The zero-order valence-electron chi connectivity index (χ0n) is 19.3. The molecular formula is C28H35FN2O. The zero-order chi connectivity index (χ0) is 22.5. The van der Waals surface area contributed by atoms with E-state index in [4.69, 9.17) is 0 Å². The molecule has 4 heteroatoms. The van der Waals surface area contributed by atoms with E-state index in [9.17, 15) is 9.18 Å². The number of likely N-dealkylation sites (tertiary alicyclic amines) is 1. The van der Waals surface area contributed by atoms with E-state index in [0.29, 0.717) is 23.1 Å². The summed E-state index contributed by atoms with van der Waals surface area (Å²) in [6.07, 6.45) is 10.0. The highest BCUT2D eigenvalue weighted by molar-refractivity contribution is 5.91. The van der Waals surface area contributed by atoms with Crippen LogP contribution in [0.1, 0.15) is 66.7 Å². The summed E-state index contributed by atoms with van der Waals surface area (Å²) in [5, 5.41) is 3.14. The fourth-order valence-electron chi connectivity index (χ4n) is 5.34. The molecule has 1 heterocycles. The van der Waals surface area contributed by atoms with E-state index >= 15 is 0 Å². The van der Waals surface area contributed by atoms with Crippen molar-refractivity contribution in [1.29, 1.82) is 0 Å². The molecule has 2 aliphatic rings. The first-order chi connectivity index (χ1) is 15.5. The maximum atomic E-state index is 13.7. The van der Waals surface area contributed by atoms with E-state index in [1.165, 1.54) is 49.2 Å². The third kappa shape index (κ3) is 5.66. The van der Waals surface area contributed by atoms with Gasteiger partial charge >= 0.3 is 0 Å². The number of hydrogen-bond acceptors (Lipinski definition) is 2. The Balaban J connectivity index is 1.21. The van der Waals surface area contributed by atoms with Crippen LogP contribution in [0.15, 0.2) is 48.5 Å². The fraction of sp³-hybridized carbons (Fsp3) is 0.464. The summed E-state index contributed by atoms with van der Waals surface area (Å²) in [4.78, 5) is 15.0. The number of hydrogen-bond donors (Lipinski definition) is 1. The Hall–Kier alpha value is -2.46. The summed E-state index contributed by atoms with van der Waals surface area (Å²) < 4.78 is 13.7. The van der Waals surface area contributed by atoms with Crippen molar-refractivity contribution in [3.8, 4) is 0 Å². The fourth-order valence-corrected chi connectivity index (χ4v) is 5.34. The van der Waals surface area contributed by atoms with Gasteiger partial charge in [0.25, 0.3) is 0 Å². The number of nitrogens with zero attached hydrogens (tertiary/aromatic N) is 1. The molecule has 0 atom stereocenters. The van der Waals surface area contributed by atoms with Crippen LogP contribution in [0.2, 0.25) is 0 Å². The number of benzene rings is 2. The van der Waals surface area contributed by atoms with Crippen molar-refractivity contribution in [1.82, 2.24) is 10.2 Å². The molecule has 1 aliphatic heterocycles. The van der Waals surface area contributed by atoms with Crippen LogP contribution in [-0.4, -0.2) is 36.0 Å². The molecule has 2 fully saturated rings. The van der Waals surface area contributed by atoms with Crippen LogP contribution >= 0.6 is 0 Å². The van der Waals surface area contributed by atoms with Crippen molar-refractivity contribution in [2.75, 3.05) is 13.1 Å². The summed E-state index contributed by atoms with van der Waals surface area (Å²) >= 11 is 0. The van der Waals surface area contributed by atoms with E-state index < -0.39 is 0 Å². The highest BCUT2D eigenvalue weighted by Crippen LogP contribution is 2.33. The largest absolute Gasteiger partial charge is 0.350 e. The van der Waals surface area contributed by atoms with Crippen molar-refractivity contribution in [2.24, 2.45) is 0 Å². The molecule has 1 saturated heterocycles. The maximum absolute atomic E-state index is 13.7. The Morgan fingerprint density at radius 3 is 2.38 bits per heavy atom. The summed E-state index contributed by atoms with van der Waals surface area (Å²) in [6, 6.07) is 14.7. The quantitative estimate of drug-likeness (QED) is 0.607. The van der Waals surface area contributed by atoms with Crippen LogP contribution in [0.25, 0.3) is 6.08 Å². The molecule has 2 aromatic rings. The number of nitrogens with one attached hydrogen (secondary N) is 1. The molecule has 1 aliphatic carbocycles. The van der Waals surface area contributed by atoms with Crippen molar-refractivity contribution in [3.63, 3.8) is 0 Å². The molecule has 1 saturated carbocycles. The van der Waals surface area contributed by atoms with Gasteiger partial charge in [0.1, 0.15) is 5.82 Å². The topological polar surface area (TPSA) is 32.3 Å². The molecule has 1 amide bonds. The first-order valence-electron chi connectivity index (χ1n) is 12.0. The lowest BCUT2D eigenvalue weighted by Crippen LogP contribution is -2.46. The van der Waals surface area contributed by atoms with Crippen molar-refractivity contribution in [3.05, 3.63) is 76.6 Å². The van der Waals surface area contributed by atoms with Gasteiger partial charge in [-0.2, -0.15) is 0 Å². The number of carbonyl (C=O) groups is 1. The normalized spacial score (nSPS) is 22.8. The average Bonchev–Trinajstić information content (AvgIpc) is 2.81. The second-order valence-corrected chi connectivity index (χ2v) is 9.52. The molecular weight excluding hydrogens is 399 g/mol. The van der Waals surface area contributed by atoms with Gasteiger partial charge in [0.2, 0.25) is 5.91 Å². The van der Waals surface area contributed by atoms with Gasteiger partial charge in [-0.05, 0) is 106 Å². The Morgan fingerprint density at radius 1 is 0.969 bits per heavy atom. The van der Waals surface area contributed by atoms with Gasteiger partial charge in [-0.1, -0.05) is 36.4 Å². The smallest absolute Gasteiger partial charge is 0.244 e. The highest BCUT2D eigenvalue weighted by Gasteiger charge is 2.30. The van der Waals surface area contributed by atoms with Crippen LogP contribution in [0, 0.1) is 19.7 Å². The molecule has 4 rings (SSSR count). The molecule has 170 valence electrons. The Kier molecular flexibility index (Phi) is 7.41. The van der Waals surface area contributed by atoms with E-state index in [0.717, 1.165) is 25.7 Å². The lowest BCUT2D eigenvalue weighted by atomic mass is 9.84. The van der Waals surface area contributed by atoms with Crippen LogP contribution in [-0.2, 0) is 4.79 Å². The second-order valence-electron chi connectivity index (χ2n) is 9.52. The first-order valence-corrected chi connectivity index (χ1v) is 12.0. The van der Waals surface area contributed by atoms with Gasteiger partial charge < -0.3 is 10.2 Å². The molecule has 1 N–H and O–H groups in total. The molecule has 0 aromatic heterocycles. The second kappa shape index (κ2) is 10.4. The highest BCUT2D eigenvalue weighted by atomic mass is 19.1. The van der Waals surface area contributed by atoms with E-state index in [2.05, 4.69) is 41.4 Å². The Labute approximate surface area is 191 Å². The Morgan fingerprint density at radius 2 is 1.69 bits per heavy atom. The molecule has 0 spiro atoms. The summed E-state index contributed by atoms with van der Waals surface area (Å²) in [5.74, 6) is 0.360. The molecule has 2 aromatic carbocycles. The van der Waals surface area contributed by atoms with Crippen LogP contribution in [0.4, 0.5) is 4.39 Å². The number of rotatable bonds is 5. The third-order valence-corrected chi connectivity index (χ3v) is 7.34. The van der Waals surface area contributed by atoms with Crippen molar-refractivity contribution in [2.45, 2.75) is 70.4 Å². The van der Waals surface area contributed by atoms with Crippen molar-refractivity contribution >= 4 is 12.0 Å². The van der Waals surface area contributed by atoms with Gasteiger partial charge in [0.05, 0.1) is 0 Å². The van der Waals surface area contributed by atoms with Crippen LogP contribution in [0.3, 0.4) is 0 Å². The van der Waals surface area contributed by atoms with Gasteiger partial charge in [0, 0.05) is 18.2 Å². The zero-order valence-corrected chi connectivity index (χ0v) is 19.3. The minimum absolute atomic E-state index is 0.0894. The molecule has 0 radical (unpaired) electrons.